The second-order valence-electron chi connectivity index (χ2n) is 7.08. The fraction of sp³-hybridized carbons (Fsp3) is 0.389. The summed E-state index contributed by atoms with van der Waals surface area (Å²) >= 11 is 5.96. The van der Waals surface area contributed by atoms with Crippen LogP contribution in [-0.2, 0) is 13.8 Å². The molecule has 31 heavy (non-hydrogen) atoms. The predicted molar refractivity (Wildman–Crippen MR) is 111 cm³/mol. The molecule has 0 spiro atoms. The van der Waals surface area contributed by atoms with Crippen LogP contribution in [0.2, 0.25) is 5.28 Å². The van der Waals surface area contributed by atoms with Crippen LogP contribution in [0.25, 0.3) is 11.2 Å². The third kappa shape index (κ3) is 4.24. The van der Waals surface area contributed by atoms with Gasteiger partial charge >= 0.3 is 8.25 Å². The van der Waals surface area contributed by atoms with Crippen molar-refractivity contribution in [2.45, 2.75) is 31.0 Å². The molecular formula is C18H20ClFN5O5P. The summed E-state index contributed by atoms with van der Waals surface area (Å²) in [6.07, 6.45) is -3.34. The van der Waals surface area contributed by atoms with Crippen molar-refractivity contribution in [3.63, 3.8) is 0 Å². The minimum absolute atomic E-state index is 0.0599. The van der Waals surface area contributed by atoms with E-state index in [4.69, 9.17) is 25.4 Å². The van der Waals surface area contributed by atoms with Crippen molar-refractivity contribution < 1.29 is 27.8 Å². The molecule has 2 N–H and O–H groups in total. The molecule has 4 rings (SSSR count). The van der Waals surface area contributed by atoms with Gasteiger partial charge in [-0.05, 0) is 30.7 Å². The Kier molecular flexibility index (Phi) is 6.14. The molecule has 0 amide bonds. The molecule has 0 aliphatic carbocycles. The second kappa shape index (κ2) is 8.68. The van der Waals surface area contributed by atoms with Crippen molar-refractivity contribution in [2.75, 3.05) is 19.0 Å². The number of aliphatic hydroxyl groups is 1. The van der Waals surface area contributed by atoms with Crippen molar-refractivity contribution in [3.05, 3.63) is 41.9 Å². The zero-order chi connectivity index (χ0) is 22.2. The molecule has 13 heteroatoms. The lowest BCUT2D eigenvalue weighted by Gasteiger charge is -2.26. The Labute approximate surface area is 182 Å². The highest BCUT2D eigenvalue weighted by Gasteiger charge is 2.54. The molecule has 1 aromatic carbocycles. The Balaban J connectivity index is 1.52. The normalized spacial score (nSPS) is 26.8. The number of para-hydroxylation sites is 1. The Morgan fingerprint density at radius 1 is 1.39 bits per heavy atom. The first kappa shape index (κ1) is 21.9. The number of alkyl halides is 1. The first-order valence-corrected chi connectivity index (χ1v) is 10.9. The van der Waals surface area contributed by atoms with E-state index in [1.165, 1.54) is 17.8 Å². The van der Waals surface area contributed by atoms with Crippen LogP contribution in [0, 0.1) is 0 Å². The van der Waals surface area contributed by atoms with Crippen LogP contribution in [0.3, 0.4) is 0 Å². The zero-order valence-corrected chi connectivity index (χ0v) is 18.3. The smallest absolute Gasteiger partial charge is 0.367 e. The topological polar surface area (TPSA) is 121 Å². The largest absolute Gasteiger partial charge is 0.426 e. The molecule has 1 fully saturated rings. The summed E-state index contributed by atoms with van der Waals surface area (Å²) in [5, 5.41) is 13.3. The number of ether oxygens (including phenoxy) is 1. The number of halogens is 2. The number of aliphatic hydroxyl groups excluding tert-OH is 1. The predicted octanol–water partition coefficient (Wildman–Crippen LogP) is 2.99. The van der Waals surface area contributed by atoms with Crippen LogP contribution < -0.4 is 9.84 Å². The molecule has 1 saturated heterocycles. The lowest BCUT2D eigenvalue weighted by atomic mass is 9.99. The van der Waals surface area contributed by atoms with Gasteiger partial charge in [0.05, 0.1) is 12.9 Å². The van der Waals surface area contributed by atoms with Gasteiger partial charge in [-0.2, -0.15) is 9.97 Å². The van der Waals surface area contributed by atoms with Crippen molar-refractivity contribution in [1.82, 2.24) is 19.5 Å². The summed E-state index contributed by atoms with van der Waals surface area (Å²) in [4.78, 5) is 12.3. The zero-order valence-electron chi connectivity index (χ0n) is 16.5. The minimum atomic E-state index is -2.96. The molecular weight excluding hydrogens is 452 g/mol. The summed E-state index contributed by atoms with van der Waals surface area (Å²) in [6.45, 7) is 1.10. The summed E-state index contributed by atoms with van der Waals surface area (Å²) < 4.78 is 44.8. The molecule has 3 heterocycles. The molecule has 166 valence electrons. The van der Waals surface area contributed by atoms with Crippen molar-refractivity contribution >= 4 is 36.8 Å². The standard InChI is InChI=1S/C18H20ClFN5O5P/c1-18(8-28-31(27)30-10-6-4-3-5-7-10)13(26)11(20)16(29-18)25-9-22-12-14(21-2)23-17(19)24-15(12)25/h3-7,9,11,13,16,26,31H,8H2,1-2H3,(H,21,23,24)/t11-,13+,16-,18-/m1/s1. The number of imidazole rings is 1. The number of anilines is 1. The van der Waals surface area contributed by atoms with Gasteiger partial charge in [-0.3, -0.25) is 9.09 Å². The molecule has 1 aliphatic rings. The summed E-state index contributed by atoms with van der Waals surface area (Å²) in [5.74, 6) is 0.734. The number of fused-ring (bicyclic) bond motifs is 1. The van der Waals surface area contributed by atoms with Gasteiger partial charge in [-0.25, -0.2) is 13.9 Å². The Bertz CT molecular complexity index is 1110. The average molecular weight is 472 g/mol. The van der Waals surface area contributed by atoms with Crippen LogP contribution in [0.5, 0.6) is 5.75 Å². The van der Waals surface area contributed by atoms with E-state index in [9.17, 15) is 9.67 Å². The molecule has 3 aromatic rings. The first-order chi connectivity index (χ1) is 14.8. The molecule has 0 bridgehead atoms. The maximum absolute atomic E-state index is 15.1. The van der Waals surface area contributed by atoms with E-state index in [-0.39, 0.29) is 17.5 Å². The Hall–Kier alpha value is -2.30. The van der Waals surface area contributed by atoms with Crippen molar-refractivity contribution in [3.8, 4) is 5.75 Å². The molecule has 1 aliphatic heterocycles. The SMILES string of the molecule is CNc1nc(Cl)nc2c1ncn2[C@@H]1O[C@](C)(CO[PH](=O)Oc2ccccc2)[C@@H](O)[C@H]1F. The van der Waals surface area contributed by atoms with Crippen LogP contribution in [-0.4, -0.2) is 56.2 Å². The fourth-order valence-electron chi connectivity index (χ4n) is 3.30. The van der Waals surface area contributed by atoms with E-state index in [1.54, 1.807) is 37.4 Å². The third-order valence-electron chi connectivity index (χ3n) is 4.92. The lowest BCUT2D eigenvalue weighted by Crippen LogP contribution is -2.42. The van der Waals surface area contributed by atoms with Gasteiger partial charge in [0.25, 0.3) is 0 Å². The second-order valence-corrected chi connectivity index (χ2v) is 8.41. The van der Waals surface area contributed by atoms with E-state index in [1.807, 2.05) is 0 Å². The Morgan fingerprint density at radius 3 is 2.84 bits per heavy atom. The maximum atomic E-state index is 15.1. The highest BCUT2D eigenvalue weighted by molar-refractivity contribution is 7.33. The fourth-order valence-corrected chi connectivity index (χ4v) is 4.26. The number of nitrogens with zero attached hydrogens (tertiary/aromatic N) is 4. The van der Waals surface area contributed by atoms with E-state index in [0.29, 0.717) is 17.1 Å². The summed E-state index contributed by atoms with van der Waals surface area (Å²) in [6, 6.07) is 8.47. The van der Waals surface area contributed by atoms with E-state index >= 15 is 4.39 Å². The van der Waals surface area contributed by atoms with Gasteiger partial charge in [-0.1, -0.05) is 18.2 Å². The van der Waals surface area contributed by atoms with Crippen LogP contribution in [0.4, 0.5) is 10.2 Å². The van der Waals surface area contributed by atoms with Crippen LogP contribution >= 0.6 is 19.9 Å². The monoisotopic (exact) mass is 471 g/mol. The number of nitrogens with one attached hydrogen (secondary N) is 1. The molecule has 1 unspecified atom stereocenters. The number of rotatable bonds is 7. The highest BCUT2D eigenvalue weighted by Crippen LogP contribution is 2.42. The number of hydrogen-bond donors (Lipinski definition) is 2. The lowest BCUT2D eigenvalue weighted by molar-refractivity contribution is -0.110. The maximum Gasteiger partial charge on any atom is 0.367 e. The summed E-state index contributed by atoms with van der Waals surface area (Å²) in [7, 11) is -1.32. The van der Waals surface area contributed by atoms with Gasteiger partial charge in [-0.15, -0.1) is 0 Å². The van der Waals surface area contributed by atoms with Crippen LogP contribution in [0.15, 0.2) is 36.7 Å². The van der Waals surface area contributed by atoms with Crippen molar-refractivity contribution in [2.24, 2.45) is 0 Å². The quantitative estimate of drug-likeness (QED) is 0.395. The van der Waals surface area contributed by atoms with Crippen LogP contribution in [0.1, 0.15) is 13.2 Å². The molecule has 0 saturated carbocycles. The van der Waals surface area contributed by atoms with E-state index in [0.717, 1.165) is 0 Å². The van der Waals surface area contributed by atoms with E-state index < -0.39 is 32.4 Å². The van der Waals surface area contributed by atoms with E-state index in [2.05, 4.69) is 20.3 Å². The number of benzene rings is 1. The van der Waals surface area contributed by atoms with Gasteiger partial charge in [0.1, 0.15) is 17.5 Å². The van der Waals surface area contributed by atoms with Gasteiger partial charge < -0.3 is 19.7 Å². The van der Waals surface area contributed by atoms with Gasteiger partial charge in [0, 0.05) is 7.05 Å². The first-order valence-electron chi connectivity index (χ1n) is 9.30. The Morgan fingerprint density at radius 2 is 2.13 bits per heavy atom. The number of hydrogen-bond acceptors (Lipinski definition) is 9. The molecule has 2 aromatic heterocycles. The van der Waals surface area contributed by atoms with Gasteiger partial charge in [0.2, 0.25) is 5.28 Å². The minimum Gasteiger partial charge on any atom is -0.426 e. The third-order valence-corrected chi connectivity index (χ3v) is 5.87. The van der Waals surface area contributed by atoms with Crippen molar-refractivity contribution in [1.29, 1.82) is 0 Å². The number of aromatic nitrogens is 4. The summed E-state index contributed by atoms with van der Waals surface area (Å²) in [5.41, 5.74) is -0.900. The average Bonchev–Trinajstić information content (AvgIpc) is 3.27. The molecule has 0 radical (unpaired) electrons. The highest BCUT2D eigenvalue weighted by atomic mass is 35.5. The molecule has 10 nitrogen and oxygen atoms in total. The van der Waals surface area contributed by atoms with Gasteiger partial charge in [0.15, 0.2) is 29.4 Å². The molecule has 5 atom stereocenters.